The number of hydrogen-bond donors (Lipinski definition) is 2. The van der Waals surface area contributed by atoms with E-state index in [9.17, 15) is 19.1 Å². The summed E-state index contributed by atoms with van der Waals surface area (Å²) < 4.78 is 13.4. The molecule has 5 nitrogen and oxygen atoms in total. The summed E-state index contributed by atoms with van der Waals surface area (Å²) in [6.07, 6.45) is -0.862. The van der Waals surface area contributed by atoms with Gasteiger partial charge in [0, 0.05) is 25.6 Å². The summed E-state index contributed by atoms with van der Waals surface area (Å²) in [5, 5.41) is 12.6. The highest BCUT2D eigenvalue weighted by atomic mass is 35.5. The minimum absolute atomic E-state index is 0.0248. The average molecular weight is 343 g/mol. The van der Waals surface area contributed by atoms with E-state index in [2.05, 4.69) is 5.32 Å². The molecule has 1 aliphatic heterocycles. The van der Waals surface area contributed by atoms with Crippen molar-refractivity contribution in [2.45, 2.75) is 32.4 Å². The second-order valence-corrected chi connectivity index (χ2v) is 6.38. The number of likely N-dealkylation sites (tertiary alicyclic amines) is 1. The van der Waals surface area contributed by atoms with Gasteiger partial charge in [0.2, 0.25) is 11.8 Å². The normalized spacial score (nSPS) is 19.3. The zero-order valence-corrected chi connectivity index (χ0v) is 13.8. The molecule has 0 bridgehead atoms. The maximum Gasteiger partial charge on any atom is 0.225 e. The minimum atomic E-state index is -1.04. The van der Waals surface area contributed by atoms with Crippen molar-refractivity contribution in [1.82, 2.24) is 10.2 Å². The third-order valence-corrected chi connectivity index (χ3v) is 4.26. The van der Waals surface area contributed by atoms with Crippen LogP contribution in [-0.4, -0.2) is 41.0 Å². The summed E-state index contributed by atoms with van der Waals surface area (Å²) >= 11 is 5.59. The van der Waals surface area contributed by atoms with Crippen molar-refractivity contribution in [2.75, 3.05) is 13.1 Å². The number of hydrogen-bond acceptors (Lipinski definition) is 3. The Kier molecular flexibility index (Phi) is 5.59. The number of nitrogens with one attached hydrogen (secondary N) is 1. The Morgan fingerprint density at radius 2 is 2.22 bits per heavy atom. The van der Waals surface area contributed by atoms with E-state index in [0.29, 0.717) is 12.1 Å². The Morgan fingerprint density at radius 1 is 1.52 bits per heavy atom. The van der Waals surface area contributed by atoms with Crippen LogP contribution in [0.3, 0.4) is 0 Å². The van der Waals surface area contributed by atoms with E-state index in [0.717, 1.165) is 6.07 Å². The number of nitrogens with zero attached hydrogens (tertiary/aromatic N) is 1. The highest BCUT2D eigenvalue weighted by Gasteiger charge is 2.35. The highest BCUT2D eigenvalue weighted by Crippen LogP contribution is 2.22. The van der Waals surface area contributed by atoms with Crippen molar-refractivity contribution in [3.63, 3.8) is 0 Å². The van der Waals surface area contributed by atoms with Crippen molar-refractivity contribution in [3.05, 3.63) is 34.6 Å². The lowest BCUT2D eigenvalue weighted by atomic mass is 10.1. The van der Waals surface area contributed by atoms with Gasteiger partial charge >= 0.3 is 0 Å². The van der Waals surface area contributed by atoms with E-state index in [1.165, 1.54) is 12.1 Å². The Hall–Kier alpha value is -1.66. The number of carbonyl (C=O) groups is 2. The lowest BCUT2D eigenvalue weighted by Crippen LogP contribution is -2.37. The first-order valence-electron chi connectivity index (χ1n) is 7.49. The maximum atomic E-state index is 13.4. The molecule has 2 N–H and O–H groups in total. The Labute approximate surface area is 139 Å². The lowest BCUT2D eigenvalue weighted by molar-refractivity contribution is -0.130. The highest BCUT2D eigenvalue weighted by molar-refractivity contribution is 6.30. The minimum Gasteiger partial charge on any atom is -0.387 e. The van der Waals surface area contributed by atoms with Gasteiger partial charge in [-0.2, -0.15) is 0 Å². The van der Waals surface area contributed by atoms with Gasteiger partial charge in [-0.05, 0) is 31.5 Å². The molecular formula is C16H20ClFN2O3. The molecule has 126 valence electrons. The van der Waals surface area contributed by atoms with Crippen molar-refractivity contribution in [2.24, 2.45) is 5.92 Å². The van der Waals surface area contributed by atoms with Gasteiger partial charge < -0.3 is 15.3 Å². The smallest absolute Gasteiger partial charge is 0.225 e. The summed E-state index contributed by atoms with van der Waals surface area (Å²) in [5.74, 6) is -1.36. The van der Waals surface area contributed by atoms with Gasteiger partial charge in [0.15, 0.2) is 0 Å². The van der Waals surface area contributed by atoms with Gasteiger partial charge in [-0.25, -0.2) is 4.39 Å². The van der Waals surface area contributed by atoms with Crippen LogP contribution >= 0.6 is 11.6 Å². The summed E-state index contributed by atoms with van der Waals surface area (Å²) in [5.41, 5.74) is 0.332. The third-order valence-electron chi connectivity index (χ3n) is 3.95. The van der Waals surface area contributed by atoms with Gasteiger partial charge in [0.1, 0.15) is 5.82 Å². The molecule has 1 saturated heterocycles. The standard InChI is InChI=1S/C16H20ClFN2O3/c1-9(2)20-8-11(6-15(20)22)16(23)19-7-14(21)10-3-4-12(17)13(18)5-10/h3-5,9,11,14,21H,6-8H2,1-2H3,(H,19,23). The summed E-state index contributed by atoms with van der Waals surface area (Å²) in [6.45, 7) is 4.13. The van der Waals surface area contributed by atoms with E-state index in [1.807, 2.05) is 13.8 Å². The second kappa shape index (κ2) is 7.27. The zero-order chi connectivity index (χ0) is 17.1. The van der Waals surface area contributed by atoms with Crippen LogP contribution in [0.2, 0.25) is 5.02 Å². The van der Waals surface area contributed by atoms with E-state index in [1.54, 1.807) is 4.90 Å². The number of amides is 2. The van der Waals surface area contributed by atoms with Crippen LogP contribution in [0, 0.1) is 11.7 Å². The van der Waals surface area contributed by atoms with Gasteiger partial charge in [0.25, 0.3) is 0 Å². The zero-order valence-electron chi connectivity index (χ0n) is 13.1. The molecule has 0 aromatic heterocycles. The molecule has 1 fully saturated rings. The molecule has 7 heteroatoms. The fourth-order valence-electron chi connectivity index (χ4n) is 2.59. The van der Waals surface area contributed by atoms with Gasteiger partial charge in [-0.1, -0.05) is 17.7 Å². The van der Waals surface area contributed by atoms with Gasteiger partial charge in [-0.15, -0.1) is 0 Å². The van der Waals surface area contributed by atoms with Crippen LogP contribution in [-0.2, 0) is 9.59 Å². The number of halogens is 2. The fraction of sp³-hybridized carbons (Fsp3) is 0.500. The molecule has 0 aliphatic carbocycles. The van der Waals surface area contributed by atoms with Crippen molar-refractivity contribution >= 4 is 23.4 Å². The molecule has 2 rings (SSSR count). The first-order chi connectivity index (χ1) is 10.8. The van der Waals surface area contributed by atoms with Crippen LogP contribution in [0.5, 0.6) is 0 Å². The van der Waals surface area contributed by atoms with Crippen LogP contribution in [0.4, 0.5) is 4.39 Å². The first kappa shape index (κ1) is 17.7. The monoisotopic (exact) mass is 342 g/mol. The van der Waals surface area contributed by atoms with Gasteiger partial charge in [-0.3, -0.25) is 9.59 Å². The molecule has 0 spiro atoms. The molecule has 1 aromatic carbocycles. The van der Waals surface area contributed by atoms with Crippen molar-refractivity contribution in [1.29, 1.82) is 0 Å². The first-order valence-corrected chi connectivity index (χ1v) is 7.87. The van der Waals surface area contributed by atoms with E-state index < -0.39 is 17.8 Å². The van der Waals surface area contributed by atoms with Crippen LogP contribution < -0.4 is 5.32 Å². The summed E-state index contributed by atoms with van der Waals surface area (Å²) in [7, 11) is 0. The lowest BCUT2D eigenvalue weighted by Gasteiger charge is -2.21. The van der Waals surface area contributed by atoms with E-state index >= 15 is 0 Å². The summed E-state index contributed by atoms with van der Waals surface area (Å²) in [4.78, 5) is 25.6. The molecule has 1 heterocycles. The fourth-order valence-corrected chi connectivity index (χ4v) is 2.70. The topological polar surface area (TPSA) is 69.6 Å². The quantitative estimate of drug-likeness (QED) is 0.858. The Balaban J connectivity index is 1.89. The predicted octanol–water partition coefficient (Wildman–Crippen LogP) is 1.89. The number of carbonyl (C=O) groups excluding carboxylic acids is 2. The molecule has 2 unspecified atom stereocenters. The molecule has 0 saturated carbocycles. The number of rotatable bonds is 5. The average Bonchev–Trinajstić information content (AvgIpc) is 2.89. The molecule has 1 aliphatic rings. The van der Waals surface area contributed by atoms with Crippen molar-refractivity contribution in [3.8, 4) is 0 Å². The van der Waals surface area contributed by atoms with E-state index in [-0.39, 0.29) is 35.8 Å². The predicted molar refractivity (Wildman–Crippen MR) is 84.3 cm³/mol. The molecule has 23 heavy (non-hydrogen) atoms. The number of aliphatic hydroxyl groups is 1. The largest absolute Gasteiger partial charge is 0.387 e. The molecule has 1 aromatic rings. The maximum absolute atomic E-state index is 13.4. The molecule has 2 atom stereocenters. The second-order valence-electron chi connectivity index (χ2n) is 5.98. The molecule has 0 radical (unpaired) electrons. The summed E-state index contributed by atoms with van der Waals surface area (Å²) in [6, 6.07) is 4.05. The third kappa shape index (κ3) is 4.20. The van der Waals surface area contributed by atoms with Crippen LogP contribution in [0.25, 0.3) is 0 Å². The van der Waals surface area contributed by atoms with Crippen LogP contribution in [0.1, 0.15) is 31.9 Å². The van der Waals surface area contributed by atoms with Crippen LogP contribution in [0.15, 0.2) is 18.2 Å². The number of aliphatic hydroxyl groups excluding tert-OH is 1. The molecule has 2 amide bonds. The Bertz CT molecular complexity index is 609. The Morgan fingerprint density at radius 3 is 2.78 bits per heavy atom. The van der Waals surface area contributed by atoms with Gasteiger partial charge in [0.05, 0.1) is 17.0 Å². The molecular weight excluding hydrogens is 323 g/mol. The number of benzene rings is 1. The SMILES string of the molecule is CC(C)N1CC(C(=O)NCC(O)c2ccc(Cl)c(F)c2)CC1=O. The van der Waals surface area contributed by atoms with Crippen molar-refractivity contribution < 1.29 is 19.1 Å². The van der Waals surface area contributed by atoms with E-state index in [4.69, 9.17) is 11.6 Å².